The molecule has 0 spiro atoms. The maximum Gasteiger partial charge on any atom is 0.347 e. The molecule has 0 atom stereocenters. The fraction of sp³-hybridized carbons (Fsp3) is 0.658. The highest BCUT2D eigenvalue weighted by Gasteiger charge is 2.16. The second-order valence-electron chi connectivity index (χ2n) is 11.8. The molecular weight excluding hydrogens is 504 g/mol. The largest absolute Gasteiger partial charge is 0.493 e. The highest BCUT2D eigenvalue weighted by atomic mass is 16.5. The molecule has 0 saturated carbocycles. The number of aryl methyl sites for hydroxylation is 1. The van der Waals surface area contributed by atoms with Crippen molar-refractivity contribution in [2.24, 2.45) is 0 Å². The van der Waals surface area contributed by atoms with E-state index in [4.69, 9.17) is 9.47 Å². The van der Waals surface area contributed by atoms with Crippen molar-refractivity contribution in [3.05, 3.63) is 59.7 Å². The molecule has 0 saturated heterocycles. The van der Waals surface area contributed by atoms with Crippen LogP contribution in [0.4, 0.5) is 0 Å². The number of rotatable bonds is 26. The van der Waals surface area contributed by atoms with Crippen LogP contribution in [0.3, 0.4) is 0 Å². The van der Waals surface area contributed by atoms with Crippen LogP contribution in [0.25, 0.3) is 0 Å². The number of hydrogen-bond donors (Lipinski definition) is 0. The molecule has 0 radical (unpaired) electrons. The minimum Gasteiger partial charge on any atom is -0.493 e. The Balaban J connectivity index is 1.63. The topological polar surface area (TPSA) is 35.5 Å². The maximum atomic E-state index is 13.1. The van der Waals surface area contributed by atoms with Gasteiger partial charge in [0.05, 0.1) is 6.61 Å². The van der Waals surface area contributed by atoms with Gasteiger partial charge in [-0.25, -0.2) is 4.79 Å². The average molecular weight is 565 g/mol. The molecule has 230 valence electrons. The van der Waals surface area contributed by atoms with E-state index in [9.17, 15) is 4.79 Å². The molecule has 0 aliphatic heterocycles. The van der Waals surface area contributed by atoms with Gasteiger partial charge in [0.25, 0.3) is 0 Å². The van der Waals surface area contributed by atoms with E-state index in [1.165, 1.54) is 122 Å². The van der Waals surface area contributed by atoms with Crippen LogP contribution in [0.15, 0.2) is 48.5 Å². The lowest BCUT2D eigenvalue weighted by molar-refractivity contribution is 0.0728. The van der Waals surface area contributed by atoms with Crippen LogP contribution in [0.1, 0.15) is 165 Å². The van der Waals surface area contributed by atoms with Gasteiger partial charge in [-0.2, -0.15) is 0 Å². The minimum atomic E-state index is -0.339. The maximum absolute atomic E-state index is 13.1. The van der Waals surface area contributed by atoms with Crippen molar-refractivity contribution >= 4 is 5.97 Å². The molecule has 0 heterocycles. The Bertz CT molecular complexity index is 906. The van der Waals surface area contributed by atoms with Gasteiger partial charge in [-0.1, -0.05) is 166 Å². The van der Waals surface area contributed by atoms with Crippen LogP contribution in [-0.4, -0.2) is 12.6 Å². The summed E-state index contributed by atoms with van der Waals surface area (Å²) < 4.78 is 11.9. The first-order valence-electron chi connectivity index (χ1n) is 17.3. The number of carbonyl (C=O) groups excluding carboxylic acids is 1. The van der Waals surface area contributed by atoms with Crippen molar-refractivity contribution in [2.45, 2.75) is 155 Å². The zero-order valence-electron chi connectivity index (χ0n) is 26.6. The molecule has 3 heteroatoms. The lowest BCUT2D eigenvalue weighted by atomic mass is 10.0. The summed E-state index contributed by atoms with van der Waals surface area (Å²) in [6.07, 6.45) is 28.6. The van der Waals surface area contributed by atoms with Crippen molar-refractivity contribution in [3.8, 4) is 11.5 Å². The Morgan fingerprint density at radius 3 is 1.51 bits per heavy atom. The molecule has 0 aliphatic rings. The van der Waals surface area contributed by atoms with E-state index in [1.807, 2.05) is 42.5 Å². The summed E-state index contributed by atoms with van der Waals surface area (Å²) in [5.41, 5.74) is 1.61. The summed E-state index contributed by atoms with van der Waals surface area (Å²) >= 11 is 0. The van der Waals surface area contributed by atoms with Crippen molar-refractivity contribution in [3.63, 3.8) is 0 Å². The van der Waals surface area contributed by atoms with E-state index in [0.29, 0.717) is 23.7 Å². The molecule has 0 unspecified atom stereocenters. The summed E-state index contributed by atoms with van der Waals surface area (Å²) in [6.45, 7) is 5.17. The first-order chi connectivity index (χ1) is 20.3. The minimum absolute atomic E-state index is 0.339. The SMILES string of the molecule is CCCCCCCCCCCCCCCCOc1ccccc1C(=O)Oc1ccccc1CCCCCCCCC. The zero-order chi connectivity index (χ0) is 29.2. The van der Waals surface area contributed by atoms with Gasteiger partial charge in [0.2, 0.25) is 0 Å². The Morgan fingerprint density at radius 2 is 0.951 bits per heavy atom. The van der Waals surface area contributed by atoms with Gasteiger partial charge in [-0.15, -0.1) is 0 Å². The fourth-order valence-corrected chi connectivity index (χ4v) is 5.48. The molecule has 0 N–H and O–H groups in total. The normalized spacial score (nSPS) is 11.1. The third kappa shape index (κ3) is 16.7. The summed E-state index contributed by atoms with van der Waals surface area (Å²) in [4.78, 5) is 13.1. The van der Waals surface area contributed by atoms with Crippen molar-refractivity contribution in [1.82, 2.24) is 0 Å². The predicted molar refractivity (Wildman–Crippen MR) is 175 cm³/mol. The molecule has 0 bridgehead atoms. The van der Waals surface area contributed by atoms with E-state index in [0.717, 1.165) is 24.8 Å². The van der Waals surface area contributed by atoms with Crippen LogP contribution in [-0.2, 0) is 6.42 Å². The number of carbonyl (C=O) groups is 1. The fourth-order valence-electron chi connectivity index (χ4n) is 5.48. The molecule has 2 aromatic rings. The number of ether oxygens (including phenoxy) is 2. The van der Waals surface area contributed by atoms with Crippen LogP contribution >= 0.6 is 0 Å². The average Bonchev–Trinajstić information content (AvgIpc) is 2.99. The Hall–Kier alpha value is -2.29. The van der Waals surface area contributed by atoms with E-state index < -0.39 is 0 Å². The van der Waals surface area contributed by atoms with Crippen molar-refractivity contribution in [1.29, 1.82) is 0 Å². The first-order valence-corrected chi connectivity index (χ1v) is 17.3. The molecule has 3 nitrogen and oxygen atoms in total. The molecular formula is C38H60O3. The highest BCUT2D eigenvalue weighted by Crippen LogP contribution is 2.25. The Kier molecular flexibility index (Phi) is 20.7. The first kappa shape index (κ1) is 34.9. The van der Waals surface area contributed by atoms with Gasteiger partial charge in [-0.3, -0.25) is 0 Å². The second-order valence-corrected chi connectivity index (χ2v) is 11.8. The molecule has 41 heavy (non-hydrogen) atoms. The van der Waals surface area contributed by atoms with E-state index >= 15 is 0 Å². The Labute approximate surface area is 252 Å². The predicted octanol–water partition coefficient (Wildman–Crippen LogP) is 12.1. The third-order valence-electron chi connectivity index (χ3n) is 8.09. The molecule has 2 rings (SSSR count). The summed E-state index contributed by atoms with van der Waals surface area (Å²) in [7, 11) is 0. The van der Waals surface area contributed by atoms with Gasteiger partial charge in [-0.05, 0) is 43.0 Å². The number of benzene rings is 2. The van der Waals surface area contributed by atoms with Gasteiger partial charge in [0.15, 0.2) is 0 Å². The number of para-hydroxylation sites is 2. The van der Waals surface area contributed by atoms with Crippen molar-refractivity contribution < 1.29 is 14.3 Å². The van der Waals surface area contributed by atoms with Crippen molar-refractivity contribution in [2.75, 3.05) is 6.61 Å². The monoisotopic (exact) mass is 564 g/mol. The lowest BCUT2D eigenvalue weighted by Crippen LogP contribution is -2.12. The number of unbranched alkanes of at least 4 members (excludes halogenated alkanes) is 19. The number of esters is 1. The van der Waals surface area contributed by atoms with Gasteiger partial charge in [0, 0.05) is 0 Å². The van der Waals surface area contributed by atoms with Gasteiger partial charge >= 0.3 is 5.97 Å². The second kappa shape index (κ2) is 24.3. The smallest absolute Gasteiger partial charge is 0.347 e. The van der Waals surface area contributed by atoms with E-state index in [2.05, 4.69) is 19.9 Å². The summed E-state index contributed by atoms with van der Waals surface area (Å²) in [6, 6.07) is 15.4. The summed E-state index contributed by atoms with van der Waals surface area (Å²) in [5.74, 6) is 0.954. The standard InChI is InChI=1S/C38H60O3/c1-3-5-7-9-11-12-13-14-15-16-17-19-21-27-33-40-37-32-26-24-30-35(37)38(39)41-36-31-25-23-29-34(36)28-22-20-18-10-8-6-4-2/h23-26,29-32H,3-22,27-28,33H2,1-2H3. The number of hydrogen-bond acceptors (Lipinski definition) is 3. The zero-order valence-corrected chi connectivity index (χ0v) is 26.6. The molecule has 0 amide bonds. The van der Waals surface area contributed by atoms with Crippen LogP contribution in [0, 0.1) is 0 Å². The molecule has 0 aromatic heterocycles. The van der Waals surface area contributed by atoms with Crippen LogP contribution < -0.4 is 9.47 Å². The van der Waals surface area contributed by atoms with Gasteiger partial charge < -0.3 is 9.47 Å². The van der Waals surface area contributed by atoms with E-state index in [1.54, 1.807) is 0 Å². The summed E-state index contributed by atoms with van der Waals surface area (Å²) in [5, 5.41) is 0. The van der Waals surface area contributed by atoms with Gasteiger partial charge in [0.1, 0.15) is 17.1 Å². The molecule has 0 aliphatic carbocycles. The Morgan fingerprint density at radius 1 is 0.512 bits per heavy atom. The van der Waals surface area contributed by atoms with Crippen LogP contribution in [0.2, 0.25) is 0 Å². The third-order valence-corrected chi connectivity index (χ3v) is 8.09. The molecule has 0 fully saturated rings. The van der Waals surface area contributed by atoms with Crippen LogP contribution in [0.5, 0.6) is 11.5 Å². The molecule has 2 aromatic carbocycles. The lowest BCUT2D eigenvalue weighted by Gasteiger charge is -2.13. The highest BCUT2D eigenvalue weighted by molar-refractivity contribution is 5.94. The van der Waals surface area contributed by atoms with E-state index in [-0.39, 0.29) is 5.97 Å². The quantitative estimate of drug-likeness (QED) is 0.0647.